The molecule has 0 aromatic carbocycles. The molecular weight excluding hydrogens is 190 g/mol. The molecule has 0 spiro atoms. The quantitative estimate of drug-likeness (QED) is 0.704. The zero-order chi connectivity index (χ0) is 11.1. The molecule has 82 valence electrons. The van der Waals surface area contributed by atoms with Gasteiger partial charge in [-0.2, -0.15) is 0 Å². The molecule has 1 atom stereocenters. The van der Waals surface area contributed by atoms with Gasteiger partial charge in [-0.15, -0.1) is 0 Å². The van der Waals surface area contributed by atoms with Gasteiger partial charge in [0.05, 0.1) is 0 Å². The Morgan fingerprint density at radius 1 is 1.40 bits per heavy atom. The number of hydrogen-bond acceptors (Lipinski definition) is 3. The molecule has 1 rings (SSSR count). The van der Waals surface area contributed by atoms with E-state index in [1.807, 2.05) is 12.1 Å². The SMILES string of the molecule is CC(=O)NCCN[C@H](C)c1ccncc1. The van der Waals surface area contributed by atoms with Crippen molar-refractivity contribution in [2.45, 2.75) is 19.9 Å². The van der Waals surface area contributed by atoms with Gasteiger partial charge in [0.1, 0.15) is 0 Å². The predicted octanol–water partition coefficient (Wildman–Crippen LogP) is 0.868. The molecule has 15 heavy (non-hydrogen) atoms. The van der Waals surface area contributed by atoms with Gasteiger partial charge in [-0.1, -0.05) is 0 Å². The van der Waals surface area contributed by atoms with Crippen LogP contribution in [0.5, 0.6) is 0 Å². The van der Waals surface area contributed by atoms with Crippen molar-refractivity contribution in [3.63, 3.8) is 0 Å². The Morgan fingerprint density at radius 2 is 2.07 bits per heavy atom. The first-order chi connectivity index (χ1) is 7.20. The lowest BCUT2D eigenvalue weighted by Crippen LogP contribution is -2.31. The molecule has 1 aromatic rings. The Labute approximate surface area is 90.1 Å². The van der Waals surface area contributed by atoms with Crippen molar-refractivity contribution < 1.29 is 4.79 Å². The predicted molar refractivity (Wildman–Crippen MR) is 59.3 cm³/mol. The maximum Gasteiger partial charge on any atom is 0.216 e. The number of carbonyl (C=O) groups is 1. The fourth-order valence-corrected chi connectivity index (χ4v) is 1.30. The van der Waals surface area contributed by atoms with Crippen molar-refractivity contribution in [3.8, 4) is 0 Å². The van der Waals surface area contributed by atoms with Crippen LogP contribution in [0.1, 0.15) is 25.5 Å². The number of carbonyl (C=O) groups excluding carboxylic acids is 1. The highest BCUT2D eigenvalue weighted by Gasteiger charge is 2.02. The standard InChI is InChI=1S/C11H17N3O/c1-9(11-3-5-12-6-4-11)13-7-8-14-10(2)15/h3-6,9,13H,7-8H2,1-2H3,(H,14,15)/t9-/m1/s1. The molecule has 0 saturated carbocycles. The number of pyridine rings is 1. The van der Waals surface area contributed by atoms with E-state index in [0.29, 0.717) is 6.54 Å². The summed E-state index contributed by atoms with van der Waals surface area (Å²) in [5.74, 6) is 0.00774. The van der Waals surface area contributed by atoms with Crippen LogP contribution in [0.25, 0.3) is 0 Å². The largest absolute Gasteiger partial charge is 0.355 e. The van der Waals surface area contributed by atoms with Gasteiger partial charge in [-0.3, -0.25) is 9.78 Å². The molecule has 0 aliphatic rings. The third-order valence-corrected chi connectivity index (χ3v) is 2.16. The molecule has 0 unspecified atom stereocenters. The van der Waals surface area contributed by atoms with Crippen LogP contribution in [0.4, 0.5) is 0 Å². The van der Waals surface area contributed by atoms with Gasteiger partial charge in [0.25, 0.3) is 0 Å². The van der Waals surface area contributed by atoms with Crippen LogP contribution in [0.15, 0.2) is 24.5 Å². The smallest absolute Gasteiger partial charge is 0.216 e. The van der Waals surface area contributed by atoms with Crippen LogP contribution < -0.4 is 10.6 Å². The van der Waals surface area contributed by atoms with Gasteiger partial charge < -0.3 is 10.6 Å². The Kier molecular flexibility index (Phi) is 4.77. The summed E-state index contributed by atoms with van der Waals surface area (Å²) >= 11 is 0. The molecule has 4 nitrogen and oxygen atoms in total. The van der Waals surface area contributed by atoms with Crippen molar-refractivity contribution in [1.82, 2.24) is 15.6 Å². The van der Waals surface area contributed by atoms with Crippen LogP contribution >= 0.6 is 0 Å². The lowest BCUT2D eigenvalue weighted by molar-refractivity contribution is -0.118. The van der Waals surface area contributed by atoms with E-state index in [0.717, 1.165) is 6.54 Å². The fraction of sp³-hybridized carbons (Fsp3) is 0.455. The molecule has 0 fully saturated rings. The summed E-state index contributed by atoms with van der Waals surface area (Å²) in [6, 6.07) is 4.24. The van der Waals surface area contributed by atoms with Gasteiger partial charge >= 0.3 is 0 Å². The zero-order valence-corrected chi connectivity index (χ0v) is 9.16. The lowest BCUT2D eigenvalue weighted by Gasteiger charge is -2.13. The van der Waals surface area contributed by atoms with E-state index < -0.39 is 0 Å². The maximum atomic E-state index is 10.6. The molecule has 2 N–H and O–H groups in total. The van der Waals surface area contributed by atoms with E-state index in [4.69, 9.17) is 0 Å². The van der Waals surface area contributed by atoms with Gasteiger partial charge in [-0.05, 0) is 24.6 Å². The van der Waals surface area contributed by atoms with Gasteiger partial charge in [0, 0.05) is 38.4 Å². The molecule has 0 aliphatic heterocycles. The molecule has 1 heterocycles. The first kappa shape index (κ1) is 11.7. The summed E-state index contributed by atoms with van der Waals surface area (Å²) in [5, 5.41) is 6.05. The van der Waals surface area contributed by atoms with Gasteiger partial charge in [0.2, 0.25) is 5.91 Å². The third-order valence-electron chi connectivity index (χ3n) is 2.16. The average Bonchev–Trinajstić information content (AvgIpc) is 2.25. The summed E-state index contributed by atoms with van der Waals surface area (Å²) in [5.41, 5.74) is 1.20. The van der Waals surface area contributed by atoms with Crippen LogP contribution in [0.3, 0.4) is 0 Å². The van der Waals surface area contributed by atoms with E-state index in [9.17, 15) is 4.79 Å². The van der Waals surface area contributed by atoms with Crippen molar-refractivity contribution in [3.05, 3.63) is 30.1 Å². The highest BCUT2D eigenvalue weighted by Crippen LogP contribution is 2.08. The Morgan fingerprint density at radius 3 is 2.67 bits per heavy atom. The normalized spacial score (nSPS) is 12.1. The highest BCUT2D eigenvalue weighted by molar-refractivity contribution is 5.72. The van der Waals surface area contributed by atoms with E-state index in [1.54, 1.807) is 12.4 Å². The molecule has 0 saturated heterocycles. The van der Waals surface area contributed by atoms with E-state index >= 15 is 0 Å². The van der Waals surface area contributed by atoms with Crippen LogP contribution in [-0.4, -0.2) is 24.0 Å². The number of rotatable bonds is 5. The summed E-state index contributed by atoms with van der Waals surface area (Å²) in [4.78, 5) is 14.6. The minimum absolute atomic E-state index is 0.00774. The van der Waals surface area contributed by atoms with Crippen molar-refractivity contribution in [2.24, 2.45) is 0 Å². The number of hydrogen-bond donors (Lipinski definition) is 2. The minimum Gasteiger partial charge on any atom is -0.355 e. The highest BCUT2D eigenvalue weighted by atomic mass is 16.1. The van der Waals surface area contributed by atoms with E-state index in [2.05, 4.69) is 22.5 Å². The molecule has 1 amide bonds. The average molecular weight is 207 g/mol. The number of aromatic nitrogens is 1. The summed E-state index contributed by atoms with van der Waals surface area (Å²) in [7, 11) is 0. The third kappa shape index (κ3) is 4.56. The monoisotopic (exact) mass is 207 g/mol. The Hall–Kier alpha value is -1.42. The van der Waals surface area contributed by atoms with Gasteiger partial charge in [-0.25, -0.2) is 0 Å². The van der Waals surface area contributed by atoms with E-state index in [-0.39, 0.29) is 11.9 Å². The first-order valence-electron chi connectivity index (χ1n) is 5.08. The maximum absolute atomic E-state index is 10.6. The molecular formula is C11H17N3O. The van der Waals surface area contributed by atoms with Crippen LogP contribution in [0.2, 0.25) is 0 Å². The Balaban J connectivity index is 2.25. The van der Waals surface area contributed by atoms with Gasteiger partial charge in [0.15, 0.2) is 0 Å². The molecule has 4 heteroatoms. The number of amides is 1. The molecule has 0 radical (unpaired) electrons. The van der Waals surface area contributed by atoms with E-state index in [1.165, 1.54) is 12.5 Å². The second-order valence-electron chi connectivity index (χ2n) is 3.44. The fourth-order valence-electron chi connectivity index (χ4n) is 1.30. The Bertz CT molecular complexity index is 300. The van der Waals surface area contributed by atoms with Crippen molar-refractivity contribution >= 4 is 5.91 Å². The minimum atomic E-state index is 0.00774. The molecule has 1 aromatic heterocycles. The number of nitrogens with one attached hydrogen (secondary N) is 2. The molecule has 0 bridgehead atoms. The second kappa shape index (κ2) is 6.14. The summed E-state index contributed by atoms with van der Waals surface area (Å²) in [6.07, 6.45) is 3.56. The lowest BCUT2D eigenvalue weighted by atomic mass is 10.1. The zero-order valence-electron chi connectivity index (χ0n) is 9.16. The first-order valence-corrected chi connectivity index (χ1v) is 5.08. The van der Waals surface area contributed by atoms with Crippen LogP contribution in [0, 0.1) is 0 Å². The van der Waals surface area contributed by atoms with Crippen molar-refractivity contribution in [2.75, 3.05) is 13.1 Å². The van der Waals surface area contributed by atoms with Crippen molar-refractivity contribution in [1.29, 1.82) is 0 Å². The number of nitrogens with zero attached hydrogens (tertiary/aromatic N) is 1. The summed E-state index contributed by atoms with van der Waals surface area (Å²) < 4.78 is 0. The second-order valence-corrected chi connectivity index (χ2v) is 3.44. The summed E-state index contributed by atoms with van der Waals surface area (Å²) in [6.45, 7) is 5.03. The molecule has 0 aliphatic carbocycles. The van der Waals surface area contributed by atoms with Crippen LogP contribution in [-0.2, 0) is 4.79 Å². The topological polar surface area (TPSA) is 54.0 Å².